The van der Waals surface area contributed by atoms with Gasteiger partial charge in [0.2, 0.25) is 0 Å². The van der Waals surface area contributed by atoms with Crippen LogP contribution in [0, 0.1) is 0 Å². The zero-order chi connectivity index (χ0) is 13.0. The van der Waals surface area contributed by atoms with E-state index < -0.39 is 0 Å². The van der Waals surface area contributed by atoms with Gasteiger partial charge in [-0.25, -0.2) is 0 Å². The van der Waals surface area contributed by atoms with Crippen LogP contribution in [0.15, 0.2) is 23.4 Å². The smallest absolute Gasteiger partial charge is 0.172 e. The van der Waals surface area contributed by atoms with E-state index in [1.54, 1.807) is 12.1 Å². The molecule has 0 atom stereocenters. The summed E-state index contributed by atoms with van der Waals surface area (Å²) >= 11 is 8.00. The molecule has 4 nitrogen and oxygen atoms in total. The maximum absolute atomic E-state index is 8.84. The van der Waals surface area contributed by atoms with Gasteiger partial charge in [0.1, 0.15) is 0 Å². The number of nitrogens with zero attached hydrogens (tertiary/aromatic N) is 2. The van der Waals surface area contributed by atoms with Crippen molar-refractivity contribution < 1.29 is 5.21 Å². The van der Waals surface area contributed by atoms with Crippen molar-refractivity contribution in [1.29, 1.82) is 0 Å². The summed E-state index contributed by atoms with van der Waals surface area (Å²) in [5.41, 5.74) is 7.39. The number of hydrogen-bond donors (Lipinski definition) is 2. The summed E-state index contributed by atoms with van der Waals surface area (Å²) in [4.78, 5) is 2.25. The summed E-state index contributed by atoms with van der Waals surface area (Å²) < 4.78 is 0. The Bertz CT molecular complexity index is 445. The Morgan fingerprint density at radius 3 is 3.00 bits per heavy atom. The minimum Gasteiger partial charge on any atom is -0.409 e. The van der Waals surface area contributed by atoms with Gasteiger partial charge in [-0.3, -0.25) is 0 Å². The van der Waals surface area contributed by atoms with Gasteiger partial charge < -0.3 is 15.8 Å². The van der Waals surface area contributed by atoms with Gasteiger partial charge in [0.15, 0.2) is 5.84 Å². The first-order valence-corrected chi connectivity index (χ1v) is 7.36. The van der Waals surface area contributed by atoms with Crippen LogP contribution in [0.4, 0.5) is 5.69 Å². The lowest BCUT2D eigenvalue weighted by molar-refractivity contribution is 0.318. The van der Waals surface area contributed by atoms with Gasteiger partial charge in [-0.1, -0.05) is 16.8 Å². The molecule has 18 heavy (non-hydrogen) atoms. The van der Waals surface area contributed by atoms with Crippen LogP contribution < -0.4 is 10.6 Å². The van der Waals surface area contributed by atoms with E-state index in [0.717, 1.165) is 36.5 Å². The average molecular weight is 286 g/mol. The molecule has 98 valence electrons. The van der Waals surface area contributed by atoms with Gasteiger partial charge in [0.05, 0.1) is 0 Å². The molecular weight excluding hydrogens is 270 g/mol. The van der Waals surface area contributed by atoms with Crippen LogP contribution in [0.1, 0.15) is 12.0 Å². The highest BCUT2D eigenvalue weighted by Crippen LogP contribution is 2.27. The quantitative estimate of drug-likeness (QED) is 0.379. The van der Waals surface area contributed by atoms with Crippen molar-refractivity contribution in [1.82, 2.24) is 0 Å². The van der Waals surface area contributed by atoms with E-state index in [1.165, 1.54) is 5.75 Å². The summed E-state index contributed by atoms with van der Waals surface area (Å²) in [6, 6.07) is 5.43. The first-order valence-electron chi connectivity index (χ1n) is 5.82. The standard InChI is InChI=1S/C12H16ClN3OS/c13-9-2-3-10(12(14)15-17)11(8-9)16-4-1-6-18-7-5-16/h2-3,8,17H,1,4-7H2,(H2,14,15). The summed E-state index contributed by atoms with van der Waals surface area (Å²) in [5, 5.41) is 12.6. The van der Waals surface area contributed by atoms with Crippen molar-refractivity contribution in [2.45, 2.75) is 6.42 Å². The van der Waals surface area contributed by atoms with Gasteiger partial charge in [0.25, 0.3) is 0 Å². The Morgan fingerprint density at radius 2 is 2.22 bits per heavy atom. The highest BCUT2D eigenvalue weighted by atomic mass is 35.5. The van der Waals surface area contributed by atoms with Crippen LogP contribution in [0.5, 0.6) is 0 Å². The predicted octanol–water partition coefficient (Wildman–Crippen LogP) is 2.38. The molecule has 1 saturated heterocycles. The number of rotatable bonds is 2. The molecule has 1 aliphatic heterocycles. The highest BCUT2D eigenvalue weighted by Gasteiger charge is 2.16. The molecule has 0 spiro atoms. The van der Waals surface area contributed by atoms with E-state index in [9.17, 15) is 0 Å². The van der Waals surface area contributed by atoms with E-state index in [1.807, 2.05) is 17.8 Å². The Kier molecular flexibility index (Phi) is 4.60. The Hall–Kier alpha value is -1.07. The van der Waals surface area contributed by atoms with Crippen molar-refractivity contribution in [2.75, 3.05) is 29.5 Å². The van der Waals surface area contributed by atoms with Crippen molar-refractivity contribution >= 4 is 34.9 Å². The fourth-order valence-corrected chi connectivity index (χ4v) is 3.08. The number of nitrogens with two attached hydrogens (primary N) is 1. The molecule has 6 heteroatoms. The second-order valence-electron chi connectivity index (χ2n) is 4.10. The van der Waals surface area contributed by atoms with Gasteiger partial charge in [-0.05, 0) is 30.4 Å². The van der Waals surface area contributed by atoms with Crippen molar-refractivity contribution in [3.63, 3.8) is 0 Å². The van der Waals surface area contributed by atoms with Crippen molar-refractivity contribution in [2.24, 2.45) is 10.9 Å². The second kappa shape index (κ2) is 6.20. The van der Waals surface area contributed by atoms with Crippen LogP contribution in [-0.2, 0) is 0 Å². The normalized spacial score (nSPS) is 17.6. The third-order valence-electron chi connectivity index (χ3n) is 2.91. The number of thioether (sulfide) groups is 1. The van der Waals surface area contributed by atoms with Crippen LogP contribution in [-0.4, -0.2) is 35.6 Å². The average Bonchev–Trinajstić information content (AvgIpc) is 2.66. The Labute approximate surface area is 116 Å². The Balaban J connectivity index is 2.37. The monoisotopic (exact) mass is 285 g/mol. The largest absolute Gasteiger partial charge is 0.409 e. The SMILES string of the molecule is NC(=NO)c1ccc(Cl)cc1N1CCCSCC1. The van der Waals surface area contributed by atoms with Gasteiger partial charge in [-0.15, -0.1) is 0 Å². The number of benzene rings is 1. The van der Waals surface area contributed by atoms with E-state index in [-0.39, 0.29) is 5.84 Å². The molecule has 0 bridgehead atoms. The number of hydrogen-bond acceptors (Lipinski definition) is 4. The molecule has 2 rings (SSSR count). The van der Waals surface area contributed by atoms with Crippen LogP contribution in [0.3, 0.4) is 0 Å². The number of halogens is 1. The molecule has 1 fully saturated rings. The van der Waals surface area contributed by atoms with Crippen molar-refractivity contribution in [3.05, 3.63) is 28.8 Å². The van der Waals surface area contributed by atoms with Gasteiger partial charge >= 0.3 is 0 Å². The zero-order valence-electron chi connectivity index (χ0n) is 9.97. The van der Waals surface area contributed by atoms with Crippen molar-refractivity contribution in [3.8, 4) is 0 Å². The molecule has 1 aliphatic rings. The third-order valence-corrected chi connectivity index (χ3v) is 4.19. The predicted molar refractivity (Wildman–Crippen MR) is 78.1 cm³/mol. The lowest BCUT2D eigenvalue weighted by atomic mass is 10.1. The maximum Gasteiger partial charge on any atom is 0.172 e. The summed E-state index contributed by atoms with van der Waals surface area (Å²) in [6.45, 7) is 1.93. The molecule has 0 aromatic heterocycles. The van der Waals surface area contributed by atoms with Gasteiger partial charge in [-0.2, -0.15) is 11.8 Å². The molecule has 1 aromatic carbocycles. The molecule has 0 radical (unpaired) electrons. The summed E-state index contributed by atoms with van der Waals surface area (Å²) in [5.74, 6) is 2.39. The lowest BCUT2D eigenvalue weighted by Crippen LogP contribution is -2.28. The Morgan fingerprint density at radius 1 is 1.39 bits per heavy atom. The highest BCUT2D eigenvalue weighted by molar-refractivity contribution is 7.99. The van der Waals surface area contributed by atoms with Crippen LogP contribution in [0.2, 0.25) is 5.02 Å². The van der Waals surface area contributed by atoms with Crippen LogP contribution in [0.25, 0.3) is 0 Å². The topological polar surface area (TPSA) is 61.9 Å². The molecule has 1 heterocycles. The molecule has 0 amide bonds. The molecule has 3 N–H and O–H groups in total. The number of anilines is 1. The first-order chi connectivity index (χ1) is 8.72. The van der Waals surface area contributed by atoms with E-state index in [2.05, 4.69) is 10.1 Å². The minimum atomic E-state index is 0.124. The first kappa shape index (κ1) is 13.4. The van der Waals surface area contributed by atoms with Gasteiger partial charge in [0, 0.05) is 35.1 Å². The molecule has 1 aromatic rings. The fourth-order valence-electron chi connectivity index (χ4n) is 2.02. The number of amidine groups is 1. The third kappa shape index (κ3) is 3.03. The minimum absolute atomic E-state index is 0.124. The summed E-state index contributed by atoms with van der Waals surface area (Å²) in [7, 11) is 0. The van der Waals surface area contributed by atoms with E-state index >= 15 is 0 Å². The molecule has 0 saturated carbocycles. The fraction of sp³-hybridized carbons (Fsp3) is 0.417. The molecule has 0 aliphatic carbocycles. The zero-order valence-corrected chi connectivity index (χ0v) is 11.5. The number of oxime groups is 1. The van der Waals surface area contributed by atoms with E-state index in [0.29, 0.717) is 5.02 Å². The maximum atomic E-state index is 8.84. The lowest BCUT2D eigenvalue weighted by Gasteiger charge is -2.25. The second-order valence-corrected chi connectivity index (χ2v) is 5.76. The summed E-state index contributed by atoms with van der Waals surface area (Å²) in [6.07, 6.45) is 1.13. The molecular formula is C12H16ClN3OS. The van der Waals surface area contributed by atoms with E-state index in [4.69, 9.17) is 22.5 Å². The van der Waals surface area contributed by atoms with Crippen LogP contribution >= 0.6 is 23.4 Å². The molecule has 0 unspecified atom stereocenters.